The summed E-state index contributed by atoms with van der Waals surface area (Å²) >= 11 is 0. The van der Waals surface area contributed by atoms with E-state index in [0.717, 1.165) is 17.4 Å². The van der Waals surface area contributed by atoms with Crippen molar-refractivity contribution in [3.8, 4) is 0 Å². The van der Waals surface area contributed by atoms with E-state index >= 15 is 0 Å². The minimum Gasteiger partial charge on any atom is -0.469 e. The van der Waals surface area contributed by atoms with E-state index in [4.69, 9.17) is 0 Å². The maximum absolute atomic E-state index is 11.1. The number of aldehydes is 1. The van der Waals surface area contributed by atoms with Gasteiger partial charge in [-0.25, -0.2) is 0 Å². The largest absolute Gasteiger partial charge is 0.469 e. The Hall–Kier alpha value is -1.90. The molecular weight excluding hydrogens is 204 g/mol. The fraction of sp³-hybridized carbons (Fsp3) is 0.231. The van der Waals surface area contributed by atoms with E-state index in [2.05, 4.69) is 4.74 Å². The van der Waals surface area contributed by atoms with Crippen LogP contribution >= 0.6 is 0 Å². The van der Waals surface area contributed by atoms with Gasteiger partial charge in [-0.1, -0.05) is 36.4 Å². The Morgan fingerprint density at radius 3 is 2.94 bits per heavy atom. The number of rotatable bonds is 5. The lowest BCUT2D eigenvalue weighted by molar-refractivity contribution is -0.139. The summed E-state index contributed by atoms with van der Waals surface area (Å²) in [5.74, 6) is -0.256. The van der Waals surface area contributed by atoms with Crippen molar-refractivity contribution >= 4 is 18.3 Å². The number of benzene rings is 1. The monoisotopic (exact) mass is 218 g/mol. The van der Waals surface area contributed by atoms with Crippen LogP contribution in [0.15, 0.2) is 30.3 Å². The second kappa shape index (κ2) is 6.56. The lowest BCUT2D eigenvalue weighted by Crippen LogP contribution is -2.04. The molecule has 3 nitrogen and oxygen atoms in total. The molecule has 0 spiro atoms. The van der Waals surface area contributed by atoms with Crippen molar-refractivity contribution in [2.45, 2.75) is 12.8 Å². The molecule has 0 aliphatic carbocycles. The average molecular weight is 218 g/mol. The van der Waals surface area contributed by atoms with Crippen LogP contribution in [-0.4, -0.2) is 19.4 Å². The second-order valence-electron chi connectivity index (χ2n) is 3.30. The van der Waals surface area contributed by atoms with E-state index in [0.29, 0.717) is 6.42 Å². The van der Waals surface area contributed by atoms with Gasteiger partial charge in [0.25, 0.3) is 0 Å². The van der Waals surface area contributed by atoms with Gasteiger partial charge < -0.3 is 9.53 Å². The fourth-order valence-electron chi connectivity index (χ4n) is 1.31. The fourth-order valence-corrected chi connectivity index (χ4v) is 1.31. The third kappa shape index (κ3) is 4.09. The van der Waals surface area contributed by atoms with Crippen LogP contribution in [0.2, 0.25) is 0 Å². The van der Waals surface area contributed by atoms with Crippen molar-refractivity contribution in [2.24, 2.45) is 0 Å². The van der Waals surface area contributed by atoms with Crippen molar-refractivity contribution in [1.29, 1.82) is 0 Å². The van der Waals surface area contributed by atoms with E-state index in [1.165, 1.54) is 7.11 Å². The summed E-state index contributed by atoms with van der Waals surface area (Å²) in [4.78, 5) is 21.2. The van der Waals surface area contributed by atoms with Crippen molar-refractivity contribution in [1.82, 2.24) is 0 Å². The summed E-state index contributed by atoms with van der Waals surface area (Å²) in [6.45, 7) is 0. The first kappa shape index (κ1) is 12.2. The predicted octanol–water partition coefficient (Wildman–Crippen LogP) is 2.00. The van der Waals surface area contributed by atoms with Crippen molar-refractivity contribution in [3.05, 3.63) is 41.5 Å². The predicted molar refractivity (Wildman–Crippen MR) is 61.9 cm³/mol. The Bertz CT molecular complexity index is 394. The number of carbonyl (C=O) groups excluding carboxylic acids is 2. The van der Waals surface area contributed by atoms with E-state index in [9.17, 15) is 9.59 Å². The maximum Gasteiger partial charge on any atom is 0.309 e. The van der Waals surface area contributed by atoms with Crippen molar-refractivity contribution < 1.29 is 14.3 Å². The molecule has 0 amide bonds. The standard InChI is InChI=1S/C13H14O3/c1-16-13(15)10-12-7-4-6-11(9-12)5-2-3-8-14/h2,4-9H,3,10H2,1H3. The lowest BCUT2D eigenvalue weighted by atomic mass is 10.1. The molecule has 3 heteroatoms. The summed E-state index contributed by atoms with van der Waals surface area (Å²) in [6, 6.07) is 7.56. The summed E-state index contributed by atoms with van der Waals surface area (Å²) in [7, 11) is 1.37. The van der Waals surface area contributed by atoms with Gasteiger partial charge in [0.2, 0.25) is 0 Å². The molecule has 0 unspecified atom stereocenters. The Balaban J connectivity index is 2.70. The molecule has 0 radical (unpaired) electrons. The third-order valence-corrected chi connectivity index (χ3v) is 2.07. The molecule has 0 fully saturated rings. The van der Waals surface area contributed by atoms with E-state index < -0.39 is 0 Å². The summed E-state index contributed by atoms with van der Waals surface area (Å²) in [6.07, 6.45) is 5.15. The number of methoxy groups -OCH3 is 1. The zero-order chi connectivity index (χ0) is 11.8. The van der Waals surface area contributed by atoms with Crippen LogP contribution in [0.3, 0.4) is 0 Å². The van der Waals surface area contributed by atoms with Crippen LogP contribution in [0.1, 0.15) is 17.5 Å². The maximum atomic E-state index is 11.1. The first-order chi connectivity index (χ1) is 7.76. The van der Waals surface area contributed by atoms with Gasteiger partial charge >= 0.3 is 5.97 Å². The van der Waals surface area contributed by atoms with Crippen LogP contribution in [0.5, 0.6) is 0 Å². The Kier molecular flexibility index (Phi) is 4.99. The minimum absolute atomic E-state index is 0.256. The van der Waals surface area contributed by atoms with Crippen molar-refractivity contribution in [2.75, 3.05) is 7.11 Å². The molecule has 0 heterocycles. The highest BCUT2D eigenvalue weighted by atomic mass is 16.5. The molecule has 0 saturated carbocycles. The van der Waals surface area contributed by atoms with E-state index in [-0.39, 0.29) is 12.4 Å². The number of hydrogen-bond donors (Lipinski definition) is 0. The molecule has 16 heavy (non-hydrogen) atoms. The quantitative estimate of drug-likeness (QED) is 0.561. The highest BCUT2D eigenvalue weighted by molar-refractivity contribution is 5.72. The molecule has 0 atom stereocenters. The molecule has 1 aromatic carbocycles. The molecule has 1 aromatic rings. The smallest absolute Gasteiger partial charge is 0.309 e. The number of hydrogen-bond acceptors (Lipinski definition) is 3. The lowest BCUT2D eigenvalue weighted by Gasteiger charge is -2.01. The van der Waals surface area contributed by atoms with Crippen LogP contribution in [-0.2, 0) is 20.7 Å². The number of esters is 1. The van der Waals surface area contributed by atoms with Gasteiger partial charge in [0.1, 0.15) is 6.29 Å². The van der Waals surface area contributed by atoms with Gasteiger partial charge in [-0.15, -0.1) is 0 Å². The van der Waals surface area contributed by atoms with Crippen LogP contribution in [0, 0.1) is 0 Å². The number of allylic oxidation sites excluding steroid dienone is 1. The zero-order valence-electron chi connectivity index (χ0n) is 9.18. The van der Waals surface area contributed by atoms with Crippen LogP contribution in [0.4, 0.5) is 0 Å². The van der Waals surface area contributed by atoms with Gasteiger partial charge in [-0.3, -0.25) is 4.79 Å². The van der Waals surface area contributed by atoms with Crippen LogP contribution < -0.4 is 0 Å². The minimum atomic E-state index is -0.256. The summed E-state index contributed by atoms with van der Waals surface area (Å²) in [5, 5.41) is 0. The Labute approximate surface area is 94.7 Å². The number of carbonyl (C=O) groups is 2. The van der Waals surface area contributed by atoms with Gasteiger partial charge in [0.05, 0.1) is 13.5 Å². The molecule has 0 aromatic heterocycles. The first-order valence-corrected chi connectivity index (χ1v) is 5.02. The molecule has 0 aliphatic rings. The first-order valence-electron chi connectivity index (χ1n) is 5.02. The molecule has 0 saturated heterocycles. The molecule has 1 rings (SSSR count). The Morgan fingerprint density at radius 2 is 2.25 bits per heavy atom. The molecule has 0 aliphatic heterocycles. The molecule has 0 bridgehead atoms. The normalized spacial score (nSPS) is 10.3. The van der Waals surface area contributed by atoms with Crippen LogP contribution in [0.25, 0.3) is 6.08 Å². The van der Waals surface area contributed by atoms with Crippen molar-refractivity contribution in [3.63, 3.8) is 0 Å². The zero-order valence-corrected chi connectivity index (χ0v) is 9.18. The Morgan fingerprint density at radius 1 is 1.44 bits per heavy atom. The van der Waals surface area contributed by atoms with Gasteiger partial charge in [0, 0.05) is 6.42 Å². The van der Waals surface area contributed by atoms with E-state index in [1.54, 1.807) is 6.08 Å². The highest BCUT2D eigenvalue weighted by Gasteiger charge is 2.02. The highest BCUT2D eigenvalue weighted by Crippen LogP contribution is 2.08. The average Bonchev–Trinajstić information content (AvgIpc) is 2.30. The number of ether oxygens (including phenoxy) is 1. The molecule has 0 N–H and O–H groups in total. The van der Waals surface area contributed by atoms with Gasteiger partial charge in [-0.2, -0.15) is 0 Å². The summed E-state index contributed by atoms with van der Waals surface area (Å²) in [5.41, 5.74) is 1.88. The van der Waals surface area contributed by atoms with E-state index in [1.807, 2.05) is 30.3 Å². The molecule has 84 valence electrons. The molecular formula is C13H14O3. The summed E-state index contributed by atoms with van der Waals surface area (Å²) < 4.78 is 4.59. The topological polar surface area (TPSA) is 43.4 Å². The second-order valence-corrected chi connectivity index (χ2v) is 3.30. The van der Waals surface area contributed by atoms with Gasteiger partial charge in [-0.05, 0) is 11.1 Å². The van der Waals surface area contributed by atoms with Gasteiger partial charge in [0.15, 0.2) is 0 Å². The SMILES string of the molecule is COC(=O)Cc1cccc(C=CCC=O)c1. The third-order valence-electron chi connectivity index (χ3n) is 2.07.